The minimum Gasteiger partial charge on any atom is -0.341 e. The first-order chi connectivity index (χ1) is 9.92. The van der Waals surface area contributed by atoms with Gasteiger partial charge >= 0.3 is 0 Å². The smallest absolute Gasteiger partial charge is 0.288 e. The van der Waals surface area contributed by atoms with Crippen LogP contribution >= 0.6 is 0 Å². The molecule has 1 heterocycles. The van der Waals surface area contributed by atoms with Gasteiger partial charge in [-0.1, -0.05) is 13.8 Å². The summed E-state index contributed by atoms with van der Waals surface area (Å²) in [7, 11) is 0. The first-order valence-electron chi connectivity index (χ1n) is 7.04. The third-order valence-electron chi connectivity index (χ3n) is 3.26. The third-order valence-corrected chi connectivity index (χ3v) is 3.26. The maximum Gasteiger partial charge on any atom is 0.288 e. The van der Waals surface area contributed by atoms with Crippen molar-refractivity contribution in [3.63, 3.8) is 0 Å². The van der Waals surface area contributed by atoms with E-state index in [1.165, 1.54) is 17.6 Å². The lowest BCUT2D eigenvalue weighted by atomic mass is 10.3. The summed E-state index contributed by atoms with van der Waals surface area (Å²) in [4.78, 5) is 36.2. The first-order valence-corrected chi connectivity index (χ1v) is 7.04. The van der Waals surface area contributed by atoms with E-state index in [0.717, 1.165) is 18.9 Å². The van der Waals surface area contributed by atoms with Crippen molar-refractivity contribution in [2.75, 3.05) is 13.1 Å². The van der Waals surface area contributed by atoms with Gasteiger partial charge in [0.1, 0.15) is 6.54 Å². The number of hydrogen-bond donors (Lipinski definition) is 0. The van der Waals surface area contributed by atoms with Crippen molar-refractivity contribution >= 4 is 11.6 Å². The summed E-state index contributed by atoms with van der Waals surface area (Å²) in [6.45, 7) is 6.51. The van der Waals surface area contributed by atoms with Crippen molar-refractivity contribution in [1.29, 1.82) is 0 Å². The number of amides is 1. The second-order valence-electron chi connectivity index (χ2n) is 4.87. The molecule has 0 saturated heterocycles. The highest BCUT2D eigenvalue weighted by Crippen LogP contribution is 2.14. The molecule has 0 aliphatic rings. The molecule has 21 heavy (non-hydrogen) atoms. The van der Waals surface area contributed by atoms with E-state index in [1.807, 2.05) is 13.8 Å². The fourth-order valence-electron chi connectivity index (χ4n) is 2.19. The number of nitro groups is 1. The molecule has 7 nitrogen and oxygen atoms in total. The summed E-state index contributed by atoms with van der Waals surface area (Å²) in [5, 5.41) is 10.9. The van der Waals surface area contributed by atoms with Crippen LogP contribution in [-0.4, -0.2) is 33.4 Å². The Hall–Kier alpha value is -2.18. The van der Waals surface area contributed by atoms with E-state index < -0.39 is 10.5 Å². The van der Waals surface area contributed by atoms with Crippen LogP contribution in [0.3, 0.4) is 0 Å². The number of aromatic nitrogens is 1. The Morgan fingerprint density at radius 3 is 2.33 bits per heavy atom. The first kappa shape index (κ1) is 16.9. The summed E-state index contributed by atoms with van der Waals surface area (Å²) >= 11 is 0. The fourth-order valence-corrected chi connectivity index (χ4v) is 2.19. The summed E-state index contributed by atoms with van der Waals surface area (Å²) in [6.07, 6.45) is 1.66. The zero-order chi connectivity index (χ0) is 16.0. The molecule has 1 rings (SSSR count). The molecule has 116 valence electrons. The maximum absolute atomic E-state index is 12.3. The van der Waals surface area contributed by atoms with Crippen LogP contribution in [0.25, 0.3) is 0 Å². The van der Waals surface area contributed by atoms with Gasteiger partial charge in [-0.2, -0.15) is 0 Å². The van der Waals surface area contributed by atoms with Gasteiger partial charge in [-0.05, 0) is 19.8 Å². The molecular weight excluding hydrogens is 274 g/mol. The number of carbonyl (C=O) groups excluding carboxylic acids is 1. The van der Waals surface area contributed by atoms with Crippen molar-refractivity contribution in [3.05, 3.63) is 38.3 Å². The molecule has 1 amide bonds. The molecule has 0 N–H and O–H groups in total. The van der Waals surface area contributed by atoms with E-state index in [-0.39, 0.29) is 23.8 Å². The Morgan fingerprint density at radius 2 is 1.86 bits per heavy atom. The number of pyridine rings is 1. The van der Waals surface area contributed by atoms with Crippen molar-refractivity contribution in [1.82, 2.24) is 9.47 Å². The molecule has 0 aliphatic carbocycles. The molecule has 1 aromatic heterocycles. The second-order valence-corrected chi connectivity index (χ2v) is 4.87. The van der Waals surface area contributed by atoms with E-state index >= 15 is 0 Å². The molecule has 0 saturated carbocycles. The third kappa shape index (κ3) is 4.14. The normalized spacial score (nSPS) is 10.4. The van der Waals surface area contributed by atoms with Crippen LogP contribution in [0.5, 0.6) is 0 Å². The standard InChI is InChI=1S/C14H21N3O4/c1-4-8-15(9-5-2)14(19)10-16-11(3)12(17(20)21)6-7-13(16)18/h6-7H,4-5,8-10H2,1-3H3. The topological polar surface area (TPSA) is 85.4 Å². The quantitative estimate of drug-likeness (QED) is 0.566. The molecule has 0 atom stereocenters. The average Bonchev–Trinajstić information content (AvgIpc) is 2.42. The number of hydrogen-bond acceptors (Lipinski definition) is 4. The van der Waals surface area contributed by atoms with Gasteiger partial charge in [-0.15, -0.1) is 0 Å². The van der Waals surface area contributed by atoms with Gasteiger partial charge in [0.15, 0.2) is 0 Å². The van der Waals surface area contributed by atoms with Crippen molar-refractivity contribution in [3.8, 4) is 0 Å². The van der Waals surface area contributed by atoms with Crippen LogP contribution in [0.15, 0.2) is 16.9 Å². The zero-order valence-corrected chi connectivity index (χ0v) is 12.7. The van der Waals surface area contributed by atoms with Gasteiger partial charge in [-0.25, -0.2) is 0 Å². The largest absolute Gasteiger partial charge is 0.341 e. The number of carbonyl (C=O) groups is 1. The van der Waals surface area contributed by atoms with Crippen LogP contribution < -0.4 is 5.56 Å². The summed E-state index contributed by atoms with van der Waals surface area (Å²) < 4.78 is 1.17. The lowest BCUT2D eigenvalue weighted by molar-refractivity contribution is -0.386. The Morgan fingerprint density at radius 1 is 1.29 bits per heavy atom. The van der Waals surface area contributed by atoms with E-state index in [0.29, 0.717) is 13.1 Å². The molecular formula is C14H21N3O4. The van der Waals surface area contributed by atoms with E-state index in [1.54, 1.807) is 4.90 Å². The Bertz CT molecular complexity index is 574. The molecule has 1 aromatic rings. The minimum absolute atomic E-state index is 0.153. The lowest BCUT2D eigenvalue weighted by Crippen LogP contribution is -2.38. The highest BCUT2D eigenvalue weighted by molar-refractivity contribution is 5.76. The second kappa shape index (κ2) is 7.56. The van der Waals surface area contributed by atoms with Gasteiger partial charge < -0.3 is 4.90 Å². The summed E-state index contributed by atoms with van der Waals surface area (Å²) in [6, 6.07) is 2.30. The van der Waals surface area contributed by atoms with Crippen LogP contribution in [0.2, 0.25) is 0 Å². The van der Waals surface area contributed by atoms with Crippen LogP contribution in [0.1, 0.15) is 32.4 Å². The molecule has 0 spiro atoms. The van der Waals surface area contributed by atoms with Crippen LogP contribution in [0, 0.1) is 17.0 Å². The van der Waals surface area contributed by atoms with Crippen molar-refractivity contribution in [2.24, 2.45) is 0 Å². The zero-order valence-electron chi connectivity index (χ0n) is 12.7. The SMILES string of the molecule is CCCN(CCC)C(=O)Cn1c(C)c([N+](=O)[O-])ccc1=O. The Balaban J connectivity index is 3.06. The number of rotatable bonds is 7. The maximum atomic E-state index is 12.3. The molecule has 0 radical (unpaired) electrons. The van der Waals surface area contributed by atoms with E-state index in [4.69, 9.17) is 0 Å². The number of nitrogens with zero attached hydrogens (tertiary/aromatic N) is 3. The summed E-state index contributed by atoms with van der Waals surface area (Å²) in [5.74, 6) is -0.190. The molecule has 0 unspecified atom stereocenters. The minimum atomic E-state index is -0.550. The summed E-state index contributed by atoms with van der Waals surface area (Å²) in [5.41, 5.74) is -0.354. The highest BCUT2D eigenvalue weighted by atomic mass is 16.6. The predicted octanol–water partition coefficient (Wildman–Crippen LogP) is 1.71. The van der Waals surface area contributed by atoms with Gasteiger partial charge in [0, 0.05) is 25.2 Å². The van der Waals surface area contributed by atoms with Gasteiger partial charge in [-0.3, -0.25) is 24.3 Å². The lowest BCUT2D eigenvalue weighted by Gasteiger charge is -2.22. The van der Waals surface area contributed by atoms with Crippen molar-refractivity contribution in [2.45, 2.75) is 40.2 Å². The average molecular weight is 295 g/mol. The molecule has 0 aromatic carbocycles. The molecule has 0 aliphatic heterocycles. The Labute approximate surface area is 123 Å². The van der Waals surface area contributed by atoms with Gasteiger partial charge in [0.2, 0.25) is 5.91 Å². The molecule has 7 heteroatoms. The highest BCUT2D eigenvalue weighted by Gasteiger charge is 2.19. The van der Waals surface area contributed by atoms with E-state index in [9.17, 15) is 19.7 Å². The van der Waals surface area contributed by atoms with Crippen molar-refractivity contribution < 1.29 is 9.72 Å². The fraction of sp³-hybridized carbons (Fsp3) is 0.571. The predicted molar refractivity (Wildman–Crippen MR) is 79.3 cm³/mol. The monoisotopic (exact) mass is 295 g/mol. The van der Waals surface area contributed by atoms with Gasteiger partial charge in [0.25, 0.3) is 11.2 Å². The molecule has 0 fully saturated rings. The molecule has 0 bridgehead atoms. The van der Waals surface area contributed by atoms with Crippen LogP contribution in [0.4, 0.5) is 5.69 Å². The van der Waals surface area contributed by atoms with Gasteiger partial charge in [0.05, 0.1) is 10.6 Å². The van der Waals surface area contributed by atoms with Crippen LogP contribution in [-0.2, 0) is 11.3 Å². The van der Waals surface area contributed by atoms with E-state index in [2.05, 4.69) is 0 Å². The Kier molecular flexibility index (Phi) is 6.08.